The van der Waals surface area contributed by atoms with Crippen LogP contribution in [0.1, 0.15) is 11.1 Å². The van der Waals surface area contributed by atoms with Crippen molar-refractivity contribution in [3.8, 4) is 11.4 Å². The fourth-order valence-electron chi connectivity index (χ4n) is 3.13. The number of carbonyl (C=O) groups is 1. The Labute approximate surface area is 175 Å². The summed E-state index contributed by atoms with van der Waals surface area (Å²) in [4.78, 5) is 39.9. The molecule has 7 nitrogen and oxygen atoms in total. The molecule has 1 amide bonds. The number of aromatic nitrogens is 2. The Morgan fingerprint density at radius 3 is 2.43 bits per heavy atom. The quantitative estimate of drug-likeness (QED) is 0.501. The summed E-state index contributed by atoms with van der Waals surface area (Å²) in [5, 5.41) is 4.64. The lowest BCUT2D eigenvalue weighted by Gasteiger charge is -2.08. The molecule has 2 N–H and O–H groups in total. The van der Waals surface area contributed by atoms with Crippen molar-refractivity contribution in [2.75, 3.05) is 7.11 Å². The summed E-state index contributed by atoms with van der Waals surface area (Å²) in [7, 11) is 1.61. The van der Waals surface area contributed by atoms with Crippen LogP contribution in [0.4, 0.5) is 0 Å². The third-order valence-corrected chi connectivity index (χ3v) is 5.62. The van der Waals surface area contributed by atoms with Crippen molar-refractivity contribution >= 4 is 27.5 Å². The molecule has 0 bridgehead atoms. The summed E-state index contributed by atoms with van der Waals surface area (Å²) < 4.78 is 6.72. The summed E-state index contributed by atoms with van der Waals surface area (Å²) in [6.07, 6.45) is 0.200. The zero-order valence-electron chi connectivity index (χ0n) is 16.2. The first-order valence-electron chi connectivity index (χ1n) is 9.26. The van der Waals surface area contributed by atoms with Gasteiger partial charge >= 0.3 is 5.69 Å². The van der Waals surface area contributed by atoms with Gasteiger partial charge in [-0.05, 0) is 46.8 Å². The largest absolute Gasteiger partial charge is 0.497 e. The maximum atomic E-state index is 12.6. The summed E-state index contributed by atoms with van der Waals surface area (Å²) in [5.74, 6) is 0.648. The van der Waals surface area contributed by atoms with Crippen LogP contribution < -0.4 is 21.3 Å². The SMILES string of the molecule is COc1ccc(CNC(=O)Cc2ccc(-n3c(=O)[nH]c4ccsc4c3=O)cc2)cc1. The molecule has 2 heterocycles. The van der Waals surface area contributed by atoms with Gasteiger partial charge in [0.1, 0.15) is 10.4 Å². The molecule has 2 aromatic carbocycles. The van der Waals surface area contributed by atoms with Crippen molar-refractivity contribution in [3.63, 3.8) is 0 Å². The molecule has 152 valence electrons. The molecule has 0 saturated heterocycles. The van der Waals surface area contributed by atoms with Crippen LogP contribution in [0.15, 0.2) is 69.6 Å². The van der Waals surface area contributed by atoms with Crippen molar-refractivity contribution in [2.24, 2.45) is 0 Å². The number of nitrogens with one attached hydrogen (secondary N) is 2. The number of nitrogens with zero attached hydrogens (tertiary/aromatic N) is 1. The van der Waals surface area contributed by atoms with Crippen molar-refractivity contribution in [2.45, 2.75) is 13.0 Å². The molecule has 0 atom stereocenters. The lowest BCUT2D eigenvalue weighted by Crippen LogP contribution is -2.33. The number of ether oxygens (including phenoxy) is 1. The first kappa shape index (κ1) is 19.7. The van der Waals surface area contributed by atoms with Gasteiger partial charge in [0.25, 0.3) is 5.56 Å². The molecular formula is C22H19N3O4S. The number of benzene rings is 2. The molecule has 0 saturated carbocycles. The van der Waals surface area contributed by atoms with Crippen molar-refractivity contribution in [1.29, 1.82) is 0 Å². The van der Waals surface area contributed by atoms with Gasteiger partial charge in [-0.2, -0.15) is 0 Å². The van der Waals surface area contributed by atoms with E-state index in [4.69, 9.17) is 4.74 Å². The maximum Gasteiger partial charge on any atom is 0.333 e. The van der Waals surface area contributed by atoms with E-state index in [1.807, 2.05) is 24.3 Å². The number of fused-ring (bicyclic) bond motifs is 1. The van der Waals surface area contributed by atoms with E-state index < -0.39 is 5.69 Å². The van der Waals surface area contributed by atoms with E-state index in [0.717, 1.165) is 21.4 Å². The van der Waals surface area contributed by atoms with E-state index in [-0.39, 0.29) is 17.9 Å². The Bertz CT molecular complexity index is 1300. The molecule has 0 aliphatic carbocycles. The highest BCUT2D eigenvalue weighted by atomic mass is 32.1. The Kier molecular flexibility index (Phi) is 5.49. The van der Waals surface area contributed by atoms with E-state index >= 15 is 0 Å². The first-order valence-corrected chi connectivity index (χ1v) is 10.1. The average molecular weight is 421 g/mol. The number of hydrogen-bond donors (Lipinski definition) is 2. The zero-order chi connectivity index (χ0) is 21.1. The van der Waals surface area contributed by atoms with E-state index in [2.05, 4.69) is 10.3 Å². The van der Waals surface area contributed by atoms with Gasteiger partial charge in [0.2, 0.25) is 5.91 Å². The van der Waals surface area contributed by atoms with Gasteiger partial charge in [-0.3, -0.25) is 9.59 Å². The predicted molar refractivity (Wildman–Crippen MR) is 117 cm³/mol. The second-order valence-corrected chi connectivity index (χ2v) is 7.62. The number of rotatable bonds is 6. The van der Waals surface area contributed by atoms with Gasteiger partial charge in [0, 0.05) is 6.54 Å². The Morgan fingerprint density at radius 2 is 1.73 bits per heavy atom. The predicted octanol–water partition coefficient (Wildman–Crippen LogP) is 2.61. The minimum Gasteiger partial charge on any atom is -0.497 e. The molecule has 0 unspecified atom stereocenters. The minimum absolute atomic E-state index is 0.117. The third-order valence-electron chi connectivity index (χ3n) is 4.72. The van der Waals surface area contributed by atoms with Gasteiger partial charge in [0.15, 0.2) is 0 Å². The number of methoxy groups -OCH3 is 1. The summed E-state index contributed by atoms with van der Waals surface area (Å²) in [6.45, 7) is 0.423. The lowest BCUT2D eigenvalue weighted by atomic mass is 10.1. The molecule has 0 aliphatic rings. The number of hydrogen-bond acceptors (Lipinski definition) is 5. The fraction of sp³-hybridized carbons (Fsp3) is 0.136. The van der Waals surface area contributed by atoms with Gasteiger partial charge < -0.3 is 15.0 Å². The van der Waals surface area contributed by atoms with Crippen LogP contribution >= 0.6 is 11.3 Å². The summed E-state index contributed by atoms with van der Waals surface area (Å²) >= 11 is 1.29. The molecule has 8 heteroatoms. The van der Waals surface area contributed by atoms with Crippen LogP contribution in [0.2, 0.25) is 0 Å². The van der Waals surface area contributed by atoms with Crippen molar-refractivity contribution in [1.82, 2.24) is 14.9 Å². The van der Waals surface area contributed by atoms with E-state index in [0.29, 0.717) is 22.4 Å². The molecule has 4 aromatic rings. The maximum absolute atomic E-state index is 12.6. The number of H-pyrrole nitrogens is 1. The average Bonchev–Trinajstić information content (AvgIpc) is 3.22. The topological polar surface area (TPSA) is 93.2 Å². The van der Waals surface area contributed by atoms with Crippen LogP contribution in [-0.2, 0) is 17.8 Å². The number of aromatic amines is 1. The van der Waals surface area contributed by atoms with Gasteiger partial charge in [-0.1, -0.05) is 24.3 Å². The van der Waals surface area contributed by atoms with Crippen LogP contribution in [0, 0.1) is 0 Å². The van der Waals surface area contributed by atoms with Gasteiger partial charge in [-0.25, -0.2) is 9.36 Å². The summed E-state index contributed by atoms with van der Waals surface area (Å²) in [6, 6.07) is 16.0. The first-order chi connectivity index (χ1) is 14.5. The molecule has 4 rings (SSSR count). The van der Waals surface area contributed by atoms with Crippen LogP contribution in [0.3, 0.4) is 0 Å². The zero-order valence-corrected chi connectivity index (χ0v) is 17.0. The van der Waals surface area contributed by atoms with E-state index in [1.165, 1.54) is 11.3 Å². The highest BCUT2D eigenvalue weighted by Crippen LogP contribution is 2.14. The number of carbonyl (C=O) groups excluding carboxylic acids is 1. The van der Waals surface area contributed by atoms with E-state index in [1.54, 1.807) is 42.8 Å². The van der Waals surface area contributed by atoms with Crippen molar-refractivity contribution < 1.29 is 9.53 Å². The standard InChI is InChI=1S/C22H19N3O4S/c1-29-17-8-4-15(5-9-17)13-23-19(26)12-14-2-6-16(7-3-14)25-21(27)20-18(10-11-30-20)24-22(25)28/h2-11H,12-13H2,1H3,(H,23,26)(H,24,28). The Balaban J connectivity index is 1.44. The molecule has 0 spiro atoms. The minimum atomic E-state index is -0.490. The smallest absolute Gasteiger partial charge is 0.333 e. The van der Waals surface area contributed by atoms with Gasteiger partial charge in [0.05, 0.1) is 24.7 Å². The highest BCUT2D eigenvalue weighted by Gasteiger charge is 2.11. The van der Waals surface area contributed by atoms with Gasteiger partial charge in [-0.15, -0.1) is 11.3 Å². The van der Waals surface area contributed by atoms with E-state index in [9.17, 15) is 14.4 Å². The Hall–Kier alpha value is -3.65. The molecule has 0 aliphatic heterocycles. The molecule has 0 radical (unpaired) electrons. The second-order valence-electron chi connectivity index (χ2n) is 6.70. The second kappa shape index (κ2) is 8.38. The van der Waals surface area contributed by atoms with Crippen LogP contribution in [0.5, 0.6) is 5.75 Å². The number of thiophene rings is 1. The normalized spacial score (nSPS) is 10.8. The molecular weight excluding hydrogens is 402 g/mol. The molecule has 0 fully saturated rings. The number of amides is 1. The van der Waals surface area contributed by atoms with Crippen molar-refractivity contribution in [3.05, 3.63) is 91.9 Å². The molecule has 30 heavy (non-hydrogen) atoms. The third kappa shape index (κ3) is 4.04. The lowest BCUT2D eigenvalue weighted by molar-refractivity contribution is -0.120. The summed E-state index contributed by atoms with van der Waals surface area (Å²) in [5.41, 5.74) is 1.91. The Morgan fingerprint density at radius 1 is 1.03 bits per heavy atom. The molecule has 2 aromatic heterocycles. The highest BCUT2D eigenvalue weighted by molar-refractivity contribution is 7.17. The van der Waals surface area contributed by atoms with Crippen LogP contribution in [0.25, 0.3) is 15.9 Å². The fourth-order valence-corrected chi connectivity index (χ4v) is 3.91. The monoisotopic (exact) mass is 421 g/mol. The van der Waals surface area contributed by atoms with Crippen LogP contribution in [-0.4, -0.2) is 22.6 Å².